The first kappa shape index (κ1) is 15.9. The van der Waals surface area contributed by atoms with Gasteiger partial charge in [-0.2, -0.15) is 9.65 Å². The summed E-state index contributed by atoms with van der Waals surface area (Å²) < 4.78 is 0. The third-order valence-corrected chi connectivity index (χ3v) is 15.1. The Labute approximate surface area is 101 Å². The third kappa shape index (κ3) is 4.74. The van der Waals surface area contributed by atoms with Crippen LogP contribution in [0, 0.1) is 0 Å². The largest absolute Gasteiger partial charge is 0.339 e. The number of unbranched alkanes of at least 4 members (excludes halogenated alkanes) is 3. The Morgan fingerprint density at radius 3 is 1.87 bits per heavy atom. The Balaban J connectivity index is 4.33. The zero-order valence-corrected chi connectivity index (χ0v) is 12.6. The molecule has 0 saturated heterocycles. The summed E-state index contributed by atoms with van der Waals surface area (Å²) in [6, 6.07) is 0. The molecule has 0 aliphatic heterocycles. The fourth-order valence-corrected chi connectivity index (χ4v) is 10.1. The minimum Gasteiger partial charge on any atom is -0.339 e. The predicted molar refractivity (Wildman–Crippen MR) is 76.4 cm³/mol. The molecule has 2 nitrogen and oxygen atoms in total. The number of hydrogen-bond donors (Lipinski definition) is 2. The Bertz CT molecular complexity index is 211. The van der Waals surface area contributed by atoms with Gasteiger partial charge >= 0.3 is 0 Å². The molecule has 0 aliphatic carbocycles. The standard InChI is InChI=1S/C10H25O2PS2/c1-4-7-8-9-10-15(5-2,6-3)13(11,12)14/h4-10H2,1-3H3,(H2,11,12,14). The van der Waals surface area contributed by atoms with Crippen molar-refractivity contribution >= 4 is 27.1 Å². The van der Waals surface area contributed by atoms with Gasteiger partial charge in [0.2, 0.25) is 5.69 Å². The minimum absolute atomic E-state index is 0.861. The summed E-state index contributed by atoms with van der Waals surface area (Å²) in [6.45, 7) is 6.28. The van der Waals surface area contributed by atoms with Crippen LogP contribution in [0.1, 0.15) is 46.5 Å². The lowest BCUT2D eigenvalue weighted by atomic mass is 10.2. The van der Waals surface area contributed by atoms with E-state index in [1.807, 2.05) is 13.8 Å². The van der Waals surface area contributed by atoms with Crippen LogP contribution >= 0.6 is 15.3 Å². The van der Waals surface area contributed by atoms with Crippen molar-refractivity contribution in [1.29, 1.82) is 0 Å². The fraction of sp³-hybridized carbons (Fsp3) is 1.00. The van der Waals surface area contributed by atoms with Crippen LogP contribution in [-0.2, 0) is 11.8 Å². The SMILES string of the molecule is CCCCCCS(CC)(CC)P(O)(O)=S. The van der Waals surface area contributed by atoms with Gasteiger partial charge in [-0.05, 0) is 35.5 Å². The molecule has 0 aliphatic rings. The predicted octanol–water partition coefficient (Wildman–Crippen LogP) is 3.62. The molecular formula is C10H25O2PS2. The molecule has 15 heavy (non-hydrogen) atoms. The van der Waals surface area contributed by atoms with E-state index in [0.717, 1.165) is 23.7 Å². The first-order chi connectivity index (χ1) is 6.93. The molecule has 0 amide bonds. The first-order valence-electron chi connectivity index (χ1n) is 5.75. The second-order valence-electron chi connectivity index (χ2n) is 3.83. The number of rotatable bonds is 8. The lowest BCUT2D eigenvalue weighted by Gasteiger charge is -2.41. The summed E-state index contributed by atoms with van der Waals surface area (Å²) in [5, 5.41) is 0. The lowest BCUT2D eigenvalue weighted by Crippen LogP contribution is -2.11. The van der Waals surface area contributed by atoms with E-state index in [1.54, 1.807) is 0 Å². The zero-order chi connectivity index (χ0) is 11.9. The van der Waals surface area contributed by atoms with Gasteiger partial charge in [-0.25, -0.2) is 0 Å². The molecule has 0 aromatic rings. The number of hydrogen-bond acceptors (Lipinski definition) is 1. The molecule has 0 bridgehead atoms. The summed E-state index contributed by atoms with van der Waals surface area (Å²) in [5.74, 6) is 2.67. The van der Waals surface area contributed by atoms with Crippen molar-refractivity contribution < 1.29 is 9.79 Å². The van der Waals surface area contributed by atoms with Crippen LogP contribution in [0.4, 0.5) is 0 Å². The molecule has 5 heteroatoms. The van der Waals surface area contributed by atoms with Gasteiger partial charge in [0.25, 0.3) is 0 Å². The van der Waals surface area contributed by atoms with Gasteiger partial charge in [-0.15, -0.1) is 0 Å². The molecule has 0 atom stereocenters. The molecule has 94 valence electrons. The molecule has 0 aromatic carbocycles. The van der Waals surface area contributed by atoms with Crippen LogP contribution in [0.15, 0.2) is 0 Å². The van der Waals surface area contributed by atoms with Crippen molar-refractivity contribution in [1.82, 2.24) is 0 Å². The Morgan fingerprint density at radius 1 is 1.00 bits per heavy atom. The molecule has 0 saturated carbocycles. The highest BCUT2D eigenvalue weighted by molar-refractivity contribution is 8.85. The van der Waals surface area contributed by atoms with E-state index in [4.69, 9.17) is 11.8 Å². The smallest absolute Gasteiger partial charge is 0.224 e. The van der Waals surface area contributed by atoms with E-state index in [-0.39, 0.29) is 0 Å². The molecule has 0 heterocycles. The molecular weight excluding hydrogens is 247 g/mol. The van der Waals surface area contributed by atoms with Gasteiger partial charge in [-0.3, -0.25) is 0 Å². The van der Waals surface area contributed by atoms with Crippen LogP contribution < -0.4 is 0 Å². The fourth-order valence-electron chi connectivity index (χ4n) is 1.75. The van der Waals surface area contributed by atoms with Crippen LogP contribution in [0.2, 0.25) is 0 Å². The van der Waals surface area contributed by atoms with E-state index in [1.165, 1.54) is 19.3 Å². The van der Waals surface area contributed by atoms with Crippen molar-refractivity contribution in [3.63, 3.8) is 0 Å². The van der Waals surface area contributed by atoms with Crippen molar-refractivity contribution in [2.45, 2.75) is 46.5 Å². The highest BCUT2D eigenvalue weighted by Crippen LogP contribution is 2.77. The summed E-state index contributed by atoms with van der Waals surface area (Å²) >= 11 is 4.95. The summed E-state index contributed by atoms with van der Waals surface area (Å²) in [5.41, 5.74) is -3.04. The van der Waals surface area contributed by atoms with Crippen molar-refractivity contribution in [3.05, 3.63) is 0 Å². The van der Waals surface area contributed by atoms with Gasteiger partial charge in [-0.1, -0.05) is 40.0 Å². The Kier molecular flexibility index (Phi) is 7.73. The van der Waals surface area contributed by atoms with E-state index >= 15 is 0 Å². The summed E-state index contributed by atoms with van der Waals surface area (Å²) in [6.07, 6.45) is 4.75. The van der Waals surface area contributed by atoms with Crippen molar-refractivity contribution in [2.75, 3.05) is 17.3 Å². The zero-order valence-electron chi connectivity index (χ0n) is 10.1. The maximum absolute atomic E-state index is 9.80. The average Bonchev–Trinajstić information content (AvgIpc) is 2.17. The van der Waals surface area contributed by atoms with Gasteiger partial charge in [0.05, 0.1) is 0 Å². The normalized spacial score (nSPS) is 14.2. The van der Waals surface area contributed by atoms with E-state index in [2.05, 4.69) is 6.92 Å². The summed E-state index contributed by atoms with van der Waals surface area (Å²) in [7, 11) is -1.33. The first-order valence-corrected chi connectivity index (χ1v) is 11.2. The van der Waals surface area contributed by atoms with Gasteiger partial charge in [0, 0.05) is 0 Å². The highest BCUT2D eigenvalue weighted by atomic mass is 33.0. The van der Waals surface area contributed by atoms with Gasteiger partial charge in [0.1, 0.15) is 0 Å². The van der Waals surface area contributed by atoms with Crippen LogP contribution in [0.5, 0.6) is 0 Å². The van der Waals surface area contributed by atoms with E-state index in [9.17, 15) is 9.79 Å². The maximum atomic E-state index is 9.80. The minimum atomic E-state index is -3.04. The molecule has 2 N–H and O–H groups in total. The van der Waals surface area contributed by atoms with Crippen LogP contribution in [0.25, 0.3) is 0 Å². The van der Waals surface area contributed by atoms with E-state index < -0.39 is 15.3 Å². The average molecular weight is 272 g/mol. The monoisotopic (exact) mass is 272 g/mol. The second kappa shape index (κ2) is 7.29. The molecule has 0 radical (unpaired) electrons. The van der Waals surface area contributed by atoms with E-state index in [0.29, 0.717) is 0 Å². The molecule has 0 unspecified atom stereocenters. The molecule has 0 spiro atoms. The molecule has 0 rings (SSSR count). The van der Waals surface area contributed by atoms with Crippen molar-refractivity contribution in [2.24, 2.45) is 0 Å². The highest BCUT2D eigenvalue weighted by Gasteiger charge is 2.33. The topological polar surface area (TPSA) is 40.5 Å². The van der Waals surface area contributed by atoms with Gasteiger partial charge in [0.15, 0.2) is 0 Å². The lowest BCUT2D eigenvalue weighted by molar-refractivity contribution is 0.500. The Morgan fingerprint density at radius 2 is 1.53 bits per heavy atom. The van der Waals surface area contributed by atoms with Crippen molar-refractivity contribution in [3.8, 4) is 0 Å². The molecule has 0 fully saturated rings. The third-order valence-electron chi connectivity index (χ3n) is 2.96. The Hall–Kier alpha value is 0.920. The quantitative estimate of drug-likeness (QED) is 0.524. The van der Waals surface area contributed by atoms with Gasteiger partial charge < -0.3 is 9.79 Å². The molecule has 0 aromatic heterocycles. The van der Waals surface area contributed by atoms with Crippen LogP contribution in [0.3, 0.4) is 0 Å². The van der Waals surface area contributed by atoms with Crippen LogP contribution in [-0.4, -0.2) is 27.0 Å². The maximum Gasteiger partial charge on any atom is 0.224 e. The second-order valence-corrected chi connectivity index (χ2v) is 14.4. The summed E-state index contributed by atoms with van der Waals surface area (Å²) in [4.78, 5) is 19.6.